The van der Waals surface area contributed by atoms with Crippen LogP contribution in [0.3, 0.4) is 0 Å². The number of aromatic nitrogens is 4. The van der Waals surface area contributed by atoms with Crippen LogP contribution in [0.15, 0.2) is 84.6 Å². The van der Waals surface area contributed by atoms with Crippen LogP contribution in [0.25, 0.3) is 11.4 Å². The number of aliphatic hydroxyl groups is 1. The first-order valence-corrected chi connectivity index (χ1v) is 13.1. The smallest absolute Gasteiger partial charge is 0.301 e. The second kappa shape index (κ2) is 9.80. The summed E-state index contributed by atoms with van der Waals surface area (Å²) in [5, 5.41) is 20.7. The van der Waals surface area contributed by atoms with Crippen molar-refractivity contribution in [2.75, 3.05) is 4.90 Å². The molecule has 0 radical (unpaired) electrons. The molecular weight excluding hydrogens is 514 g/mol. The zero-order chi connectivity index (χ0) is 27.1. The minimum absolute atomic E-state index is 0.0421. The van der Waals surface area contributed by atoms with Gasteiger partial charge in [-0.3, -0.25) is 18.9 Å². The van der Waals surface area contributed by atoms with E-state index in [2.05, 4.69) is 15.2 Å². The molecule has 5 aromatic rings. The van der Waals surface area contributed by atoms with Gasteiger partial charge in [-0.05, 0) is 49.2 Å². The number of amides is 1. The number of fused-ring (bicyclic) bond motifs is 1. The molecule has 0 saturated carbocycles. The molecule has 0 aliphatic carbocycles. The number of carbonyl (C=O) groups excluding carboxylic acids is 2. The molecule has 1 unspecified atom stereocenters. The minimum Gasteiger partial charge on any atom is -0.505 e. The van der Waals surface area contributed by atoms with E-state index in [4.69, 9.17) is 4.74 Å². The Morgan fingerprint density at radius 3 is 2.44 bits per heavy atom. The molecule has 2 aromatic carbocycles. The number of ketones is 1. The molecular formula is C29H23N5O4S. The van der Waals surface area contributed by atoms with Crippen LogP contribution in [0, 0.1) is 13.8 Å². The summed E-state index contributed by atoms with van der Waals surface area (Å²) in [5.74, 6) is -1.26. The number of carbonyl (C=O) groups is 2. The Kier molecular flexibility index (Phi) is 6.16. The highest BCUT2D eigenvalue weighted by molar-refractivity contribution is 7.15. The van der Waals surface area contributed by atoms with Crippen LogP contribution in [0.4, 0.5) is 5.13 Å². The van der Waals surface area contributed by atoms with Crippen LogP contribution in [0.5, 0.6) is 5.75 Å². The third kappa shape index (κ3) is 4.34. The summed E-state index contributed by atoms with van der Waals surface area (Å²) in [5.41, 5.74) is 3.10. The maximum atomic E-state index is 13.5. The Hall–Kier alpha value is -4.83. The normalized spacial score (nSPS) is 16.8. The molecule has 3 aromatic heterocycles. The quantitative estimate of drug-likeness (QED) is 0.184. The first kappa shape index (κ1) is 24.5. The van der Waals surface area contributed by atoms with E-state index in [1.807, 2.05) is 36.4 Å². The van der Waals surface area contributed by atoms with Gasteiger partial charge in [0.25, 0.3) is 5.78 Å². The Morgan fingerprint density at radius 1 is 0.974 bits per heavy atom. The number of rotatable bonds is 6. The van der Waals surface area contributed by atoms with Crippen LogP contribution in [-0.2, 0) is 16.2 Å². The molecule has 1 aliphatic heterocycles. The highest BCUT2D eigenvalue weighted by Crippen LogP contribution is 2.43. The second-order valence-corrected chi connectivity index (χ2v) is 10.3. The predicted molar refractivity (Wildman–Crippen MR) is 147 cm³/mol. The molecule has 9 nitrogen and oxygen atoms in total. The molecule has 1 saturated heterocycles. The van der Waals surface area contributed by atoms with E-state index in [0.29, 0.717) is 40.0 Å². The number of hydrogen-bond acceptors (Lipinski definition) is 8. The lowest BCUT2D eigenvalue weighted by atomic mass is 9.96. The Bertz CT molecular complexity index is 1740. The van der Waals surface area contributed by atoms with E-state index in [0.717, 1.165) is 5.56 Å². The van der Waals surface area contributed by atoms with E-state index in [1.54, 1.807) is 60.8 Å². The maximum Gasteiger partial charge on any atom is 0.301 e. The van der Waals surface area contributed by atoms with Gasteiger partial charge < -0.3 is 9.84 Å². The van der Waals surface area contributed by atoms with Crippen molar-refractivity contribution in [3.63, 3.8) is 0 Å². The minimum atomic E-state index is -0.922. The molecule has 1 N–H and O–H groups in total. The van der Waals surface area contributed by atoms with Gasteiger partial charge in [-0.15, -0.1) is 10.2 Å². The maximum absolute atomic E-state index is 13.5. The standard InChI is InChI=1S/C29H23N5O4S/c1-17-24(33-15-7-6-10-22(33)30-17)26(35)23-25(34(28(37)27(23)36)29-32-31-18(2)39-29)20-11-13-21(14-12-20)38-16-19-8-4-3-5-9-19/h3-15,25,35H,16H2,1-2H3. The average Bonchev–Trinajstić information content (AvgIpc) is 3.60. The fourth-order valence-electron chi connectivity index (χ4n) is 4.74. The molecule has 1 amide bonds. The second-order valence-electron chi connectivity index (χ2n) is 9.09. The number of imidazole rings is 1. The first-order chi connectivity index (χ1) is 18.9. The molecule has 0 bridgehead atoms. The number of Topliss-reactive ketones (excluding diaryl/α,β-unsaturated/α-hetero) is 1. The van der Waals surface area contributed by atoms with Crippen molar-refractivity contribution < 1.29 is 19.4 Å². The summed E-state index contributed by atoms with van der Waals surface area (Å²) in [7, 11) is 0. The number of aryl methyl sites for hydroxylation is 2. The van der Waals surface area contributed by atoms with Crippen LogP contribution in [-0.4, -0.2) is 36.4 Å². The Balaban J connectivity index is 1.45. The van der Waals surface area contributed by atoms with E-state index in [9.17, 15) is 14.7 Å². The predicted octanol–water partition coefficient (Wildman–Crippen LogP) is 5.01. The molecule has 10 heteroatoms. The molecule has 39 heavy (non-hydrogen) atoms. The number of benzene rings is 2. The van der Waals surface area contributed by atoms with E-state index < -0.39 is 17.7 Å². The average molecular weight is 538 g/mol. The van der Waals surface area contributed by atoms with Gasteiger partial charge >= 0.3 is 5.91 Å². The van der Waals surface area contributed by atoms with Gasteiger partial charge in [-0.1, -0.05) is 59.9 Å². The van der Waals surface area contributed by atoms with Crippen molar-refractivity contribution in [1.29, 1.82) is 0 Å². The Morgan fingerprint density at radius 2 is 1.72 bits per heavy atom. The van der Waals surface area contributed by atoms with Gasteiger partial charge in [-0.2, -0.15) is 0 Å². The zero-order valence-corrected chi connectivity index (χ0v) is 21.9. The van der Waals surface area contributed by atoms with Crippen molar-refractivity contribution in [3.8, 4) is 5.75 Å². The highest BCUT2D eigenvalue weighted by Gasteiger charge is 2.48. The lowest BCUT2D eigenvalue weighted by molar-refractivity contribution is -0.132. The molecule has 6 rings (SSSR count). The van der Waals surface area contributed by atoms with Crippen LogP contribution in [0.2, 0.25) is 0 Å². The molecule has 1 atom stereocenters. The number of aliphatic hydroxyl groups excluding tert-OH is 1. The fourth-order valence-corrected chi connectivity index (χ4v) is 5.46. The summed E-state index contributed by atoms with van der Waals surface area (Å²) in [4.78, 5) is 32.7. The molecule has 1 aliphatic rings. The third-order valence-electron chi connectivity index (χ3n) is 6.54. The lowest BCUT2D eigenvalue weighted by Gasteiger charge is -2.22. The largest absolute Gasteiger partial charge is 0.505 e. The van der Waals surface area contributed by atoms with Gasteiger partial charge in [0.2, 0.25) is 5.13 Å². The molecule has 1 fully saturated rings. The van der Waals surface area contributed by atoms with E-state index >= 15 is 0 Å². The first-order valence-electron chi connectivity index (χ1n) is 12.2. The number of hydrogen-bond donors (Lipinski definition) is 1. The zero-order valence-electron chi connectivity index (χ0n) is 21.1. The monoisotopic (exact) mass is 537 g/mol. The van der Waals surface area contributed by atoms with Gasteiger partial charge in [0.05, 0.1) is 17.3 Å². The third-order valence-corrected chi connectivity index (χ3v) is 7.38. The van der Waals surface area contributed by atoms with Crippen molar-refractivity contribution in [2.45, 2.75) is 26.5 Å². The van der Waals surface area contributed by atoms with Gasteiger partial charge in [0.15, 0.2) is 5.76 Å². The summed E-state index contributed by atoms with van der Waals surface area (Å²) in [6, 6.07) is 21.5. The van der Waals surface area contributed by atoms with Gasteiger partial charge in [0.1, 0.15) is 28.7 Å². The SMILES string of the molecule is Cc1nnc(N2C(=O)C(=O)C(=C(O)c3c(C)nc4ccccn34)C2c2ccc(OCc3ccccc3)cc2)s1. The van der Waals surface area contributed by atoms with E-state index in [-0.39, 0.29) is 16.5 Å². The molecule has 0 spiro atoms. The summed E-state index contributed by atoms with van der Waals surface area (Å²) in [6.07, 6.45) is 1.75. The summed E-state index contributed by atoms with van der Waals surface area (Å²) in [6.45, 7) is 3.92. The van der Waals surface area contributed by atoms with Crippen molar-refractivity contribution in [3.05, 3.63) is 112 Å². The van der Waals surface area contributed by atoms with Crippen LogP contribution in [0.1, 0.15) is 33.6 Å². The number of nitrogens with zero attached hydrogens (tertiary/aromatic N) is 5. The van der Waals surface area contributed by atoms with Gasteiger partial charge in [0, 0.05) is 6.20 Å². The van der Waals surface area contributed by atoms with Crippen molar-refractivity contribution in [2.24, 2.45) is 0 Å². The Labute approximate surface area is 227 Å². The summed E-state index contributed by atoms with van der Waals surface area (Å²) < 4.78 is 7.62. The van der Waals surface area contributed by atoms with Crippen LogP contribution < -0.4 is 9.64 Å². The summed E-state index contributed by atoms with van der Waals surface area (Å²) >= 11 is 1.20. The highest BCUT2D eigenvalue weighted by atomic mass is 32.1. The van der Waals surface area contributed by atoms with Crippen LogP contribution >= 0.6 is 11.3 Å². The lowest BCUT2D eigenvalue weighted by Crippen LogP contribution is -2.29. The molecule has 4 heterocycles. The number of pyridine rings is 1. The van der Waals surface area contributed by atoms with Gasteiger partial charge in [-0.25, -0.2) is 4.98 Å². The number of ether oxygens (including phenoxy) is 1. The fraction of sp³-hybridized carbons (Fsp3) is 0.138. The molecule has 194 valence electrons. The van der Waals surface area contributed by atoms with Crippen molar-refractivity contribution >= 4 is 39.6 Å². The topological polar surface area (TPSA) is 110 Å². The van der Waals surface area contributed by atoms with E-state index in [1.165, 1.54) is 16.2 Å². The van der Waals surface area contributed by atoms with Crippen molar-refractivity contribution in [1.82, 2.24) is 19.6 Å². The number of anilines is 1.